The molecule has 1 fully saturated rings. The quantitative estimate of drug-likeness (QED) is 0.606. The summed E-state index contributed by atoms with van der Waals surface area (Å²) < 4.78 is 22.9. The molecule has 96 valence electrons. The van der Waals surface area contributed by atoms with Crippen LogP contribution in [0.1, 0.15) is 18.4 Å². The summed E-state index contributed by atoms with van der Waals surface area (Å²) in [6, 6.07) is 5.82. The number of hydrogen-bond donors (Lipinski definition) is 0. The van der Waals surface area contributed by atoms with Crippen LogP contribution in [-0.2, 0) is 19.1 Å². The second-order valence-corrected chi connectivity index (χ2v) is 4.02. The van der Waals surface area contributed by atoms with Crippen LogP contribution in [0.2, 0.25) is 0 Å². The van der Waals surface area contributed by atoms with Crippen LogP contribution in [-0.4, -0.2) is 25.2 Å². The van der Waals surface area contributed by atoms with Crippen molar-refractivity contribution >= 4 is 11.9 Å². The van der Waals surface area contributed by atoms with E-state index in [2.05, 4.69) is 0 Å². The predicted octanol–water partition coefficient (Wildman–Crippen LogP) is 1.65. The van der Waals surface area contributed by atoms with Crippen molar-refractivity contribution < 1.29 is 23.5 Å². The van der Waals surface area contributed by atoms with Crippen LogP contribution in [0.4, 0.5) is 4.39 Å². The van der Waals surface area contributed by atoms with Gasteiger partial charge in [-0.05, 0) is 24.6 Å². The molecule has 2 unspecified atom stereocenters. The first-order chi connectivity index (χ1) is 8.63. The summed E-state index contributed by atoms with van der Waals surface area (Å²) in [5.41, 5.74) is 0.568. The van der Waals surface area contributed by atoms with Crippen molar-refractivity contribution in [1.82, 2.24) is 0 Å². The van der Waals surface area contributed by atoms with Crippen LogP contribution in [0.25, 0.3) is 0 Å². The van der Waals surface area contributed by atoms with Gasteiger partial charge >= 0.3 is 11.9 Å². The van der Waals surface area contributed by atoms with E-state index >= 15 is 0 Å². The molecule has 1 saturated heterocycles. The number of carbonyl (C=O) groups is 2. The van der Waals surface area contributed by atoms with Gasteiger partial charge in [0.25, 0.3) is 0 Å². The lowest BCUT2D eigenvalue weighted by Gasteiger charge is -2.14. The molecule has 0 saturated carbocycles. The third-order valence-corrected chi connectivity index (χ3v) is 2.88. The molecule has 2 rings (SSSR count). The maximum Gasteiger partial charge on any atom is 0.321 e. The van der Waals surface area contributed by atoms with Crippen LogP contribution in [0.5, 0.6) is 0 Å². The fourth-order valence-electron chi connectivity index (χ4n) is 2.04. The van der Waals surface area contributed by atoms with Crippen LogP contribution < -0.4 is 0 Å². The third-order valence-electron chi connectivity index (χ3n) is 2.88. The molecule has 0 N–H and O–H groups in total. The zero-order valence-corrected chi connectivity index (χ0v) is 9.89. The fourth-order valence-corrected chi connectivity index (χ4v) is 2.04. The van der Waals surface area contributed by atoms with Crippen molar-refractivity contribution in [3.05, 3.63) is 35.6 Å². The highest BCUT2D eigenvalue weighted by atomic mass is 19.1. The molecule has 0 amide bonds. The molecule has 1 aliphatic heterocycles. The molecule has 0 bridgehead atoms. The van der Waals surface area contributed by atoms with Crippen LogP contribution in [0, 0.1) is 11.7 Å². The van der Waals surface area contributed by atoms with Crippen LogP contribution >= 0.6 is 0 Å². The SMILES string of the molecule is CCOC(=O)C1C(=O)OCC1c1cccc(F)c1. The number of halogens is 1. The number of carbonyl (C=O) groups excluding carboxylic acids is 2. The van der Waals surface area contributed by atoms with Gasteiger partial charge in [-0.1, -0.05) is 12.1 Å². The van der Waals surface area contributed by atoms with Gasteiger partial charge in [-0.3, -0.25) is 9.59 Å². The Labute approximate surface area is 104 Å². The Bertz CT molecular complexity index is 472. The number of cyclic esters (lactones) is 1. The van der Waals surface area contributed by atoms with Crippen LogP contribution in [0.15, 0.2) is 24.3 Å². The standard InChI is InChI=1S/C13H13FO4/c1-2-17-12(15)11-10(7-18-13(11)16)8-4-3-5-9(14)6-8/h3-6,10-11H,2,7H2,1H3. The highest BCUT2D eigenvalue weighted by molar-refractivity contribution is 5.97. The zero-order valence-electron chi connectivity index (χ0n) is 9.89. The lowest BCUT2D eigenvalue weighted by Crippen LogP contribution is -2.26. The van der Waals surface area contributed by atoms with Crippen molar-refractivity contribution in [3.63, 3.8) is 0 Å². The van der Waals surface area contributed by atoms with E-state index in [1.54, 1.807) is 13.0 Å². The summed E-state index contributed by atoms with van der Waals surface area (Å²) in [7, 11) is 0. The summed E-state index contributed by atoms with van der Waals surface area (Å²) in [5, 5.41) is 0. The van der Waals surface area contributed by atoms with Crippen molar-refractivity contribution in [3.8, 4) is 0 Å². The van der Waals surface area contributed by atoms with Gasteiger partial charge in [-0.25, -0.2) is 4.39 Å². The normalized spacial score (nSPS) is 22.7. The van der Waals surface area contributed by atoms with Crippen LogP contribution in [0.3, 0.4) is 0 Å². The van der Waals surface area contributed by atoms with Gasteiger partial charge in [0.1, 0.15) is 5.82 Å². The van der Waals surface area contributed by atoms with E-state index in [1.807, 2.05) is 0 Å². The van der Waals surface area contributed by atoms with E-state index in [-0.39, 0.29) is 13.2 Å². The van der Waals surface area contributed by atoms with Gasteiger partial charge in [0, 0.05) is 5.92 Å². The van der Waals surface area contributed by atoms with Gasteiger partial charge < -0.3 is 9.47 Å². The molecule has 1 heterocycles. The van der Waals surface area contributed by atoms with E-state index in [4.69, 9.17) is 9.47 Å². The Morgan fingerprint density at radius 3 is 3.00 bits per heavy atom. The average molecular weight is 252 g/mol. The lowest BCUT2D eigenvalue weighted by atomic mass is 9.88. The number of rotatable bonds is 3. The van der Waals surface area contributed by atoms with Gasteiger partial charge in [-0.15, -0.1) is 0 Å². The van der Waals surface area contributed by atoms with Crippen molar-refractivity contribution in [2.24, 2.45) is 5.92 Å². The van der Waals surface area contributed by atoms with Crippen molar-refractivity contribution in [2.45, 2.75) is 12.8 Å². The Balaban J connectivity index is 2.26. The molecule has 4 nitrogen and oxygen atoms in total. The first-order valence-electron chi connectivity index (χ1n) is 5.72. The Hall–Kier alpha value is -1.91. The van der Waals surface area contributed by atoms with Gasteiger partial charge in [0.15, 0.2) is 5.92 Å². The molecular weight excluding hydrogens is 239 g/mol. The number of benzene rings is 1. The summed E-state index contributed by atoms with van der Waals surface area (Å²) in [5.74, 6) is -3.11. The summed E-state index contributed by atoms with van der Waals surface area (Å²) in [4.78, 5) is 23.3. The first kappa shape index (κ1) is 12.5. The maximum absolute atomic E-state index is 13.2. The molecule has 18 heavy (non-hydrogen) atoms. The van der Waals surface area contributed by atoms with E-state index in [1.165, 1.54) is 18.2 Å². The molecule has 0 aromatic heterocycles. The van der Waals surface area contributed by atoms with E-state index in [0.717, 1.165) is 0 Å². The fraction of sp³-hybridized carbons (Fsp3) is 0.385. The third kappa shape index (κ3) is 2.34. The summed E-state index contributed by atoms with van der Waals surface area (Å²) in [6.07, 6.45) is 0. The monoisotopic (exact) mass is 252 g/mol. The number of esters is 2. The predicted molar refractivity (Wildman–Crippen MR) is 60.2 cm³/mol. The average Bonchev–Trinajstić information content (AvgIpc) is 2.71. The summed E-state index contributed by atoms with van der Waals surface area (Å²) >= 11 is 0. The minimum absolute atomic E-state index is 0.0752. The largest absolute Gasteiger partial charge is 0.465 e. The molecule has 1 aromatic rings. The van der Waals surface area contributed by atoms with Gasteiger partial charge in [-0.2, -0.15) is 0 Å². The Morgan fingerprint density at radius 1 is 1.56 bits per heavy atom. The highest BCUT2D eigenvalue weighted by Gasteiger charge is 2.44. The maximum atomic E-state index is 13.2. The van der Waals surface area contributed by atoms with E-state index in [9.17, 15) is 14.0 Å². The molecule has 2 atom stereocenters. The molecule has 5 heteroatoms. The second-order valence-electron chi connectivity index (χ2n) is 4.02. The first-order valence-corrected chi connectivity index (χ1v) is 5.72. The number of ether oxygens (including phenoxy) is 2. The topological polar surface area (TPSA) is 52.6 Å². The molecule has 0 aliphatic carbocycles. The van der Waals surface area contributed by atoms with Gasteiger partial charge in [0.2, 0.25) is 0 Å². The highest BCUT2D eigenvalue weighted by Crippen LogP contribution is 2.33. The minimum Gasteiger partial charge on any atom is -0.465 e. The molecule has 0 radical (unpaired) electrons. The zero-order chi connectivity index (χ0) is 13.1. The Kier molecular flexibility index (Phi) is 3.60. The molecular formula is C13H13FO4. The van der Waals surface area contributed by atoms with E-state index < -0.39 is 29.6 Å². The number of hydrogen-bond acceptors (Lipinski definition) is 4. The molecule has 0 spiro atoms. The summed E-state index contributed by atoms with van der Waals surface area (Å²) in [6.45, 7) is 1.93. The Morgan fingerprint density at radius 2 is 2.33 bits per heavy atom. The van der Waals surface area contributed by atoms with E-state index in [0.29, 0.717) is 5.56 Å². The van der Waals surface area contributed by atoms with Gasteiger partial charge in [0.05, 0.1) is 13.2 Å². The molecule has 1 aromatic carbocycles. The smallest absolute Gasteiger partial charge is 0.321 e. The second kappa shape index (κ2) is 5.16. The van der Waals surface area contributed by atoms with Crippen molar-refractivity contribution in [2.75, 3.05) is 13.2 Å². The molecule has 1 aliphatic rings. The van der Waals surface area contributed by atoms with Crippen molar-refractivity contribution in [1.29, 1.82) is 0 Å². The minimum atomic E-state index is -0.994. The lowest BCUT2D eigenvalue weighted by molar-refractivity contribution is -0.155.